The van der Waals surface area contributed by atoms with Gasteiger partial charge in [0.05, 0.1) is 26.0 Å². The van der Waals surface area contributed by atoms with Crippen molar-refractivity contribution in [2.24, 2.45) is 5.10 Å². The summed E-state index contributed by atoms with van der Waals surface area (Å²) < 4.78 is 21.6. The fraction of sp³-hybridized carbons (Fsp3) is 0.100. The van der Waals surface area contributed by atoms with E-state index in [4.69, 9.17) is 30.5 Å². The van der Waals surface area contributed by atoms with Gasteiger partial charge in [-0.1, -0.05) is 23.7 Å². The minimum atomic E-state index is -0.536. The van der Waals surface area contributed by atoms with Crippen LogP contribution in [0.4, 0.5) is 0 Å². The van der Waals surface area contributed by atoms with Gasteiger partial charge in [-0.05, 0) is 90.0 Å². The van der Waals surface area contributed by atoms with E-state index in [1.807, 2.05) is 12.1 Å². The molecule has 4 aromatic rings. The molecule has 0 saturated heterocycles. The summed E-state index contributed by atoms with van der Waals surface area (Å²) in [6.45, 7) is 0.390. The maximum Gasteiger partial charge on any atom is 0.343 e. The van der Waals surface area contributed by atoms with Gasteiger partial charge in [0.15, 0.2) is 11.5 Å². The van der Waals surface area contributed by atoms with E-state index in [1.54, 1.807) is 78.9 Å². The molecule has 4 aromatic carbocycles. The number of methoxy groups -OCH3 is 2. The topological polar surface area (TPSA) is 95.5 Å². The number of benzene rings is 4. The third kappa shape index (κ3) is 7.59. The van der Waals surface area contributed by atoms with E-state index in [-0.39, 0.29) is 5.91 Å². The van der Waals surface area contributed by atoms with Crippen LogP contribution in [0.3, 0.4) is 0 Å². The van der Waals surface area contributed by atoms with Crippen LogP contribution in [0.25, 0.3) is 0 Å². The number of rotatable bonds is 10. The number of hydrogen-bond donors (Lipinski definition) is 1. The molecule has 39 heavy (non-hydrogen) atoms. The Kier molecular flexibility index (Phi) is 9.16. The van der Waals surface area contributed by atoms with Crippen molar-refractivity contribution in [2.45, 2.75) is 6.61 Å². The summed E-state index contributed by atoms with van der Waals surface area (Å²) >= 11 is 5.89. The largest absolute Gasteiger partial charge is 0.493 e. The normalized spacial score (nSPS) is 10.6. The van der Waals surface area contributed by atoms with Gasteiger partial charge in [-0.2, -0.15) is 5.10 Å². The predicted molar refractivity (Wildman–Crippen MR) is 148 cm³/mol. The minimum Gasteiger partial charge on any atom is -0.493 e. The lowest BCUT2D eigenvalue weighted by molar-refractivity contribution is 0.0734. The average Bonchev–Trinajstić information content (AvgIpc) is 2.97. The number of hydrogen-bond acceptors (Lipinski definition) is 7. The summed E-state index contributed by atoms with van der Waals surface area (Å²) in [5, 5.41) is 4.67. The molecule has 9 heteroatoms. The Morgan fingerprint density at radius 1 is 0.795 bits per heavy atom. The van der Waals surface area contributed by atoms with E-state index in [0.717, 1.165) is 5.56 Å². The zero-order valence-electron chi connectivity index (χ0n) is 21.2. The van der Waals surface area contributed by atoms with E-state index >= 15 is 0 Å². The number of nitrogens with zero attached hydrogens (tertiary/aromatic N) is 1. The quantitative estimate of drug-likeness (QED) is 0.115. The first-order valence-electron chi connectivity index (χ1n) is 11.8. The fourth-order valence-corrected chi connectivity index (χ4v) is 3.56. The van der Waals surface area contributed by atoms with Gasteiger partial charge in [0, 0.05) is 10.6 Å². The van der Waals surface area contributed by atoms with Gasteiger partial charge in [-0.25, -0.2) is 10.2 Å². The van der Waals surface area contributed by atoms with Gasteiger partial charge in [-0.15, -0.1) is 0 Å². The van der Waals surface area contributed by atoms with Crippen molar-refractivity contribution in [3.63, 3.8) is 0 Å². The third-order valence-corrected chi connectivity index (χ3v) is 5.78. The number of hydrazone groups is 1. The Hall–Kier alpha value is -4.82. The molecule has 198 valence electrons. The van der Waals surface area contributed by atoms with Crippen molar-refractivity contribution in [1.29, 1.82) is 0 Å². The number of carbonyl (C=O) groups excluding carboxylic acids is 2. The first kappa shape index (κ1) is 27.2. The molecule has 0 radical (unpaired) electrons. The number of ether oxygens (including phenoxy) is 4. The Morgan fingerprint density at radius 2 is 1.44 bits per heavy atom. The number of esters is 1. The molecule has 0 saturated carbocycles. The van der Waals surface area contributed by atoms with Crippen molar-refractivity contribution < 1.29 is 28.5 Å². The SMILES string of the molecule is COc1ccc(C(=O)Oc2ccc(/C=N\NC(=O)c3ccc(OCc4ccc(Cl)cc4)cc3)cc2)cc1OC. The summed E-state index contributed by atoms with van der Waals surface area (Å²) in [5.41, 5.74) is 4.93. The van der Waals surface area contributed by atoms with Crippen LogP contribution in [0.5, 0.6) is 23.0 Å². The molecule has 0 aromatic heterocycles. The maximum absolute atomic E-state index is 12.5. The molecule has 0 spiro atoms. The second-order valence-electron chi connectivity index (χ2n) is 8.17. The average molecular weight is 545 g/mol. The molecule has 1 amide bonds. The van der Waals surface area contributed by atoms with Crippen LogP contribution in [0, 0.1) is 0 Å². The fourth-order valence-electron chi connectivity index (χ4n) is 3.43. The molecule has 0 aliphatic carbocycles. The van der Waals surface area contributed by atoms with Crippen molar-refractivity contribution >= 4 is 29.7 Å². The van der Waals surface area contributed by atoms with Crippen LogP contribution in [0.15, 0.2) is 96.1 Å². The molecule has 0 aliphatic rings. The maximum atomic E-state index is 12.5. The van der Waals surface area contributed by atoms with Crippen LogP contribution >= 0.6 is 11.6 Å². The van der Waals surface area contributed by atoms with Gasteiger partial charge in [0.2, 0.25) is 0 Å². The van der Waals surface area contributed by atoms with Crippen molar-refractivity contribution in [3.8, 4) is 23.0 Å². The Bertz CT molecular complexity index is 1450. The van der Waals surface area contributed by atoms with Crippen LogP contribution in [-0.2, 0) is 6.61 Å². The summed E-state index contributed by atoms with van der Waals surface area (Å²) in [7, 11) is 3.01. The highest BCUT2D eigenvalue weighted by atomic mass is 35.5. The van der Waals surface area contributed by atoms with Gasteiger partial charge >= 0.3 is 5.97 Å². The lowest BCUT2D eigenvalue weighted by Gasteiger charge is -2.09. The number of amides is 1. The molecule has 0 atom stereocenters. The smallest absolute Gasteiger partial charge is 0.343 e. The Morgan fingerprint density at radius 3 is 2.10 bits per heavy atom. The molecular formula is C30H25ClN2O6. The first-order valence-corrected chi connectivity index (χ1v) is 12.2. The van der Waals surface area contributed by atoms with Crippen molar-refractivity contribution in [2.75, 3.05) is 14.2 Å². The molecule has 1 N–H and O–H groups in total. The summed E-state index contributed by atoms with van der Waals surface area (Å²) in [6, 6.07) is 25.6. The van der Waals surface area contributed by atoms with Gasteiger partial charge < -0.3 is 18.9 Å². The molecule has 0 fully saturated rings. The molecule has 0 heterocycles. The number of halogens is 1. The monoisotopic (exact) mass is 544 g/mol. The second-order valence-corrected chi connectivity index (χ2v) is 8.60. The van der Waals surface area contributed by atoms with E-state index in [2.05, 4.69) is 10.5 Å². The molecule has 4 rings (SSSR count). The molecule has 8 nitrogen and oxygen atoms in total. The zero-order chi connectivity index (χ0) is 27.6. The molecule has 0 aliphatic heterocycles. The van der Waals surface area contributed by atoms with Crippen LogP contribution in [0.2, 0.25) is 5.02 Å². The summed E-state index contributed by atoms with van der Waals surface area (Å²) in [6.07, 6.45) is 1.49. The lowest BCUT2D eigenvalue weighted by Crippen LogP contribution is -2.17. The summed E-state index contributed by atoms with van der Waals surface area (Å²) in [5.74, 6) is 1.04. The number of carbonyl (C=O) groups is 2. The lowest BCUT2D eigenvalue weighted by atomic mass is 10.2. The molecule has 0 bridgehead atoms. The first-order chi connectivity index (χ1) is 18.9. The third-order valence-electron chi connectivity index (χ3n) is 5.52. The standard InChI is InChI=1S/C30H25ClN2O6/c1-36-27-16-9-23(17-28(27)37-2)30(35)39-26-12-5-20(6-13-26)18-32-33-29(34)22-7-14-25(15-8-22)38-19-21-3-10-24(31)11-4-21/h3-18H,19H2,1-2H3,(H,33,34)/b32-18-. The number of nitrogens with one attached hydrogen (secondary N) is 1. The zero-order valence-corrected chi connectivity index (χ0v) is 22.0. The Balaban J connectivity index is 1.26. The van der Waals surface area contributed by atoms with Crippen LogP contribution in [-0.4, -0.2) is 32.3 Å². The van der Waals surface area contributed by atoms with E-state index in [9.17, 15) is 9.59 Å². The minimum absolute atomic E-state index is 0.321. The van der Waals surface area contributed by atoms with Crippen molar-refractivity contribution in [3.05, 3.63) is 118 Å². The highest BCUT2D eigenvalue weighted by Gasteiger charge is 2.13. The van der Waals surface area contributed by atoms with Crippen LogP contribution < -0.4 is 24.4 Å². The van der Waals surface area contributed by atoms with Gasteiger partial charge in [0.1, 0.15) is 18.1 Å². The van der Waals surface area contributed by atoms with E-state index in [0.29, 0.717) is 51.3 Å². The van der Waals surface area contributed by atoms with E-state index < -0.39 is 5.97 Å². The Labute approximate surface area is 230 Å². The second kappa shape index (κ2) is 13.1. The molecular weight excluding hydrogens is 520 g/mol. The van der Waals surface area contributed by atoms with Crippen molar-refractivity contribution in [1.82, 2.24) is 5.43 Å². The van der Waals surface area contributed by atoms with Crippen LogP contribution in [0.1, 0.15) is 31.8 Å². The van der Waals surface area contributed by atoms with Gasteiger partial charge in [-0.3, -0.25) is 4.79 Å². The highest BCUT2D eigenvalue weighted by Crippen LogP contribution is 2.28. The van der Waals surface area contributed by atoms with Gasteiger partial charge in [0.25, 0.3) is 5.91 Å². The highest BCUT2D eigenvalue weighted by molar-refractivity contribution is 6.30. The molecule has 0 unspecified atom stereocenters. The predicted octanol–water partition coefficient (Wildman–Crippen LogP) is 5.92. The summed E-state index contributed by atoms with van der Waals surface area (Å²) in [4.78, 5) is 24.9. The van der Waals surface area contributed by atoms with E-state index in [1.165, 1.54) is 20.4 Å².